The van der Waals surface area contributed by atoms with E-state index in [0.717, 1.165) is 35.9 Å². The lowest BCUT2D eigenvalue weighted by atomic mass is 9.68. The Hall–Kier alpha value is -3.62. The zero-order valence-electron chi connectivity index (χ0n) is 23.8. The molecule has 1 aliphatic heterocycles. The first-order valence-corrected chi connectivity index (χ1v) is 14.2. The van der Waals surface area contributed by atoms with Gasteiger partial charge in [-0.3, -0.25) is 14.4 Å². The van der Waals surface area contributed by atoms with Crippen LogP contribution in [0.1, 0.15) is 72.4 Å². The van der Waals surface area contributed by atoms with Gasteiger partial charge in [-0.1, -0.05) is 24.6 Å². The van der Waals surface area contributed by atoms with E-state index < -0.39 is 12.1 Å². The number of amides is 2. The van der Waals surface area contributed by atoms with Crippen LogP contribution in [-0.2, 0) is 11.3 Å². The number of likely N-dealkylation sites (tertiary alicyclic amines) is 1. The van der Waals surface area contributed by atoms with Crippen LogP contribution in [0.15, 0.2) is 35.1 Å². The monoisotopic (exact) mass is 550 g/mol. The minimum absolute atomic E-state index is 0.0158. The van der Waals surface area contributed by atoms with Crippen LogP contribution in [-0.4, -0.2) is 53.1 Å². The van der Waals surface area contributed by atoms with Crippen LogP contribution in [0.5, 0.6) is 5.75 Å². The Balaban J connectivity index is 1.35. The lowest BCUT2D eigenvalue weighted by Gasteiger charge is -2.44. The summed E-state index contributed by atoms with van der Waals surface area (Å²) in [6.45, 7) is 6.66. The van der Waals surface area contributed by atoms with Crippen LogP contribution in [0, 0.1) is 25.2 Å². The van der Waals surface area contributed by atoms with Gasteiger partial charge in [-0.2, -0.15) is 0 Å². The molecule has 1 saturated heterocycles. The molecule has 2 aliphatic rings. The summed E-state index contributed by atoms with van der Waals surface area (Å²) >= 11 is 0. The molecule has 1 saturated carbocycles. The molecule has 5 rings (SSSR count). The number of para-hydroxylation sites is 1. The number of piperidine rings is 1. The average molecular weight is 551 g/mol. The largest absolute Gasteiger partial charge is 0.496 e. The van der Waals surface area contributed by atoms with Gasteiger partial charge >= 0.3 is 0 Å². The number of alkyl halides is 1. The van der Waals surface area contributed by atoms with Crippen molar-refractivity contribution >= 4 is 22.7 Å². The molecule has 0 spiro atoms. The van der Waals surface area contributed by atoms with Crippen molar-refractivity contribution in [2.24, 2.45) is 11.3 Å². The maximum atomic E-state index is 13.7. The molecule has 2 aromatic heterocycles. The molecular weight excluding hydrogens is 511 g/mol. The molecule has 2 amide bonds. The highest BCUT2D eigenvalue weighted by Crippen LogP contribution is 2.44. The van der Waals surface area contributed by atoms with Crippen molar-refractivity contribution in [3.8, 4) is 5.75 Å². The molecule has 0 radical (unpaired) electrons. The second-order valence-electron chi connectivity index (χ2n) is 11.5. The van der Waals surface area contributed by atoms with E-state index in [1.54, 1.807) is 13.0 Å². The van der Waals surface area contributed by atoms with Crippen molar-refractivity contribution in [2.75, 3.05) is 26.9 Å². The highest BCUT2D eigenvalue weighted by atomic mass is 19.1. The summed E-state index contributed by atoms with van der Waals surface area (Å²) < 4.78 is 21.3. The van der Waals surface area contributed by atoms with E-state index >= 15 is 0 Å². The minimum Gasteiger partial charge on any atom is -0.496 e. The van der Waals surface area contributed by atoms with Gasteiger partial charge in [0.25, 0.3) is 11.5 Å². The third-order valence-corrected chi connectivity index (χ3v) is 9.20. The smallest absolute Gasteiger partial charge is 0.256 e. The number of hydrogen-bond acceptors (Lipinski definition) is 4. The number of carbonyl (C=O) groups is 2. The van der Waals surface area contributed by atoms with Crippen molar-refractivity contribution in [3.63, 3.8) is 0 Å². The Bertz CT molecular complexity index is 1470. The van der Waals surface area contributed by atoms with E-state index in [2.05, 4.69) is 21.8 Å². The summed E-state index contributed by atoms with van der Waals surface area (Å²) in [7, 11) is 1.51. The average Bonchev–Trinajstić information content (AvgIpc) is 3.23. The zero-order chi connectivity index (χ0) is 28.6. The van der Waals surface area contributed by atoms with Gasteiger partial charge < -0.3 is 24.5 Å². The fourth-order valence-electron chi connectivity index (χ4n) is 6.63. The number of aryl methyl sites for hydroxylation is 1. The molecule has 9 heteroatoms. The molecule has 0 unspecified atom stereocenters. The SMILES string of the molecule is COc1cc(C)[nH]c(=O)c1CNC(=O)c1c(C)n([C@H](C)C2CCN(C(=O)C3(CF)CCC3)CC2)c2ccccc12. The topological polar surface area (TPSA) is 96.4 Å². The summed E-state index contributed by atoms with van der Waals surface area (Å²) in [4.78, 5) is 43.8. The number of nitrogens with zero attached hydrogens (tertiary/aromatic N) is 2. The number of halogens is 1. The fraction of sp³-hybridized carbons (Fsp3) is 0.516. The van der Waals surface area contributed by atoms with Crippen molar-refractivity contribution in [2.45, 2.75) is 65.5 Å². The Labute approximate surface area is 233 Å². The number of benzene rings is 1. The highest BCUT2D eigenvalue weighted by Gasteiger charge is 2.47. The molecule has 2 fully saturated rings. The number of aromatic nitrogens is 2. The Morgan fingerprint density at radius 1 is 1.20 bits per heavy atom. The lowest BCUT2D eigenvalue weighted by molar-refractivity contribution is -0.150. The molecule has 1 atom stereocenters. The van der Waals surface area contributed by atoms with E-state index in [9.17, 15) is 18.8 Å². The molecule has 214 valence electrons. The van der Waals surface area contributed by atoms with Gasteiger partial charge in [0.15, 0.2) is 0 Å². The van der Waals surface area contributed by atoms with Gasteiger partial charge in [0.1, 0.15) is 12.4 Å². The van der Waals surface area contributed by atoms with Crippen molar-refractivity contribution < 1.29 is 18.7 Å². The number of H-pyrrole nitrogens is 1. The first-order valence-electron chi connectivity index (χ1n) is 14.2. The van der Waals surface area contributed by atoms with Gasteiger partial charge in [-0.25, -0.2) is 4.39 Å². The van der Waals surface area contributed by atoms with Gasteiger partial charge in [-0.05, 0) is 64.5 Å². The summed E-state index contributed by atoms with van der Waals surface area (Å²) in [6, 6.07) is 9.72. The van der Waals surface area contributed by atoms with Crippen LogP contribution in [0.4, 0.5) is 4.39 Å². The van der Waals surface area contributed by atoms with Gasteiger partial charge in [0, 0.05) is 41.4 Å². The predicted octanol–water partition coefficient (Wildman–Crippen LogP) is 4.82. The molecule has 3 aromatic rings. The molecule has 1 aliphatic carbocycles. The number of pyridine rings is 1. The van der Waals surface area contributed by atoms with Crippen LogP contribution in [0.2, 0.25) is 0 Å². The summed E-state index contributed by atoms with van der Waals surface area (Å²) in [6.07, 6.45) is 3.90. The highest BCUT2D eigenvalue weighted by molar-refractivity contribution is 6.08. The molecule has 0 bridgehead atoms. The first kappa shape index (κ1) is 27.9. The Morgan fingerprint density at radius 2 is 1.90 bits per heavy atom. The third kappa shape index (κ3) is 4.80. The van der Waals surface area contributed by atoms with E-state index in [-0.39, 0.29) is 30.0 Å². The molecule has 1 aromatic carbocycles. The van der Waals surface area contributed by atoms with Crippen LogP contribution in [0.3, 0.4) is 0 Å². The fourth-order valence-corrected chi connectivity index (χ4v) is 6.63. The Kier molecular flexibility index (Phi) is 7.75. The Morgan fingerprint density at radius 3 is 2.52 bits per heavy atom. The summed E-state index contributed by atoms with van der Waals surface area (Å²) in [5, 5.41) is 3.79. The summed E-state index contributed by atoms with van der Waals surface area (Å²) in [5.74, 6) is 0.485. The molecule has 2 N–H and O–H groups in total. The van der Waals surface area contributed by atoms with Crippen molar-refractivity contribution in [3.05, 3.63) is 63.2 Å². The van der Waals surface area contributed by atoms with E-state index in [0.29, 0.717) is 54.4 Å². The number of hydrogen-bond donors (Lipinski definition) is 2. The number of carbonyl (C=O) groups excluding carboxylic acids is 2. The van der Waals surface area contributed by atoms with E-state index in [1.165, 1.54) is 7.11 Å². The van der Waals surface area contributed by atoms with Crippen LogP contribution < -0.4 is 15.6 Å². The van der Waals surface area contributed by atoms with Crippen LogP contribution >= 0.6 is 0 Å². The zero-order valence-corrected chi connectivity index (χ0v) is 23.8. The number of methoxy groups -OCH3 is 1. The van der Waals surface area contributed by atoms with Crippen LogP contribution in [0.25, 0.3) is 10.9 Å². The molecular formula is C31H39FN4O4. The first-order chi connectivity index (χ1) is 19.2. The maximum Gasteiger partial charge on any atom is 0.256 e. The number of nitrogens with one attached hydrogen (secondary N) is 2. The molecule has 8 nitrogen and oxygen atoms in total. The number of aromatic amines is 1. The molecule has 40 heavy (non-hydrogen) atoms. The number of fused-ring (bicyclic) bond motifs is 1. The molecule has 3 heterocycles. The normalized spacial score (nSPS) is 17.9. The van der Waals surface area contributed by atoms with E-state index in [4.69, 9.17) is 4.74 Å². The minimum atomic E-state index is -0.776. The quantitative estimate of drug-likeness (QED) is 0.420. The van der Waals surface area contributed by atoms with Gasteiger partial charge in [0.2, 0.25) is 5.91 Å². The second-order valence-corrected chi connectivity index (χ2v) is 11.5. The lowest BCUT2D eigenvalue weighted by Crippen LogP contribution is -2.51. The van der Waals surface area contributed by atoms with Crippen molar-refractivity contribution in [1.82, 2.24) is 19.8 Å². The van der Waals surface area contributed by atoms with E-state index in [1.807, 2.05) is 36.1 Å². The van der Waals surface area contributed by atoms with Gasteiger partial charge in [-0.15, -0.1) is 0 Å². The maximum absolute atomic E-state index is 13.7. The standard InChI is InChI=1S/C31H39FN4O4/c1-19-16-26(40-4)24(28(37)34-19)17-33-29(38)27-21(3)36(25-9-6-5-8-23(25)27)20(2)22-10-14-35(15-11-22)30(39)31(18-32)12-7-13-31/h5-6,8-9,16,20,22H,7,10-15,17-18H2,1-4H3,(H,33,38)(H,34,37)/t20-/m1/s1. The second kappa shape index (κ2) is 11.1. The number of rotatable bonds is 8. The van der Waals surface area contributed by atoms with Gasteiger partial charge in [0.05, 0.1) is 30.2 Å². The third-order valence-electron chi connectivity index (χ3n) is 9.20. The summed E-state index contributed by atoms with van der Waals surface area (Å²) in [5.41, 5.74) is 2.42. The van der Waals surface area contributed by atoms with Crippen molar-refractivity contribution in [1.29, 1.82) is 0 Å². The number of ether oxygens (including phenoxy) is 1. The predicted molar refractivity (Wildman–Crippen MR) is 152 cm³/mol.